The minimum Gasteiger partial charge on any atom is -0.341 e. The van der Waals surface area contributed by atoms with Crippen LogP contribution in [0.1, 0.15) is 55.8 Å². The molecule has 0 radical (unpaired) electrons. The topological polar surface area (TPSA) is 59.2 Å². The molecule has 0 unspecified atom stereocenters. The molecule has 1 aliphatic heterocycles. The third-order valence-corrected chi connectivity index (χ3v) is 5.65. The second kappa shape index (κ2) is 6.83. The summed E-state index contributed by atoms with van der Waals surface area (Å²) in [5, 5.41) is 4.62. The smallest absolute Gasteiger partial charge is 0.233 e. The Morgan fingerprint density at radius 3 is 2.60 bits per heavy atom. The van der Waals surface area contributed by atoms with Crippen molar-refractivity contribution in [2.45, 2.75) is 55.1 Å². The van der Waals surface area contributed by atoms with Gasteiger partial charge in [0, 0.05) is 29.2 Å². The number of hydrogen-bond donors (Lipinski definition) is 0. The van der Waals surface area contributed by atoms with Gasteiger partial charge in [-0.05, 0) is 30.5 Å². The molecule has 5 nitrogen and oxygen atoms in total. The standard InChI is InChI=1S/C19H23N3O2S/c1-12(2)25-16-7-3-13(4-8-16)9-17(23)22-10-15(11-22)19-20-18(21-24-19)14-5-6-14/h3-4,7-8,12,14-15H,5-6,9-11H2,1-2H3. The normalized spacial score (nSPS) is 17.8. The monoisotopic (exact) mass is 357 g/mol. The minimum absolute atomic E-state index is 0.169. The Labute approximate surface area is 152 Å². The van der Waals surface area contributed by atoms with Crippen molar-refractivity contribution in [1.29, 1.82) is 0 Å². The van der Waals surface area contributed by atoms with Crippen LogP contribution in [0.5, 0.6) is 0 Å². The Morgan fingerprint density at radius 2 is 1.96 bits per heavy atom. The second-order valence-corrected chi connectivity index (χ2v) is 8.90. The van der Waals surface area contributed by atoms with Crippen molar-refractivity contribution < 1.29 is 9.32 Å². The minimum atomic E-state index is 0.169. The Kier molecular flexibility index (Phi) is 4.54. The summed E-state index contributed by atoms with van der Waals surface area (Å²) < 4.78 is 5.36. The Bertz CT molecular complexity index is 746. The molecule has 2 aliphatic rings. The molecule has 1 aromatic carbocycles. The summed E-state index contributed by atoms with van der Waals surface area (Å²) in [6.07, 6.45) is 2.79. The highest BCUT2D eigenvalue weighted by Gasteiger charge is 2.37. The molecule has 0 bridgehead atoms. The van der Waals surface area contributed by atoms with Gasteiger partial charge in [-0.1, -0.05) is 31.1 Å². The molecule has 4 rings (SSSR count). The molecular weight excluding hydrogens is 334 g/mol. The highest BCUT2D eigenvalue weighted by atomic mass is 32.2. The van der Waals surface area contributed by atoms with Crippen LogP contribution in [0.25, 0.3) is 0 Å². The maximum atomic E-state index is 12.4. The molecule has 132 valence electrons. The van der Waals surface area contributed by atoms with Crippen LogP contribution in [0.15, 0.2) is 33.7 Å². The van der Waals surface area contributed by atoms with E-state index < -0.39 is 0 Å². The fourth-order valence-corrected chi connectivity index (χ4v) is 3.84. The van der Waals surface area contributed by atoms with E-state index in [1.165, 1.54) is 17.7 Å². The molecule has 1 amide bonds. The number of amides is 1. The van der Waals surface area contributed by atoms with Gasteiger partial charge in [-0.3, -0.25) is 4.79 Å². The summed E-state index contributed by atoms with van der Waals surface area (Å²) in [6.45, 7) is 5.73. The van der Waals surface area contributed by atoms with Gasteiger partial charge in [0.05, 0.1) is 12.3 Å². The number of rotatable bonds is 6. The lowest BCUT2D eigenvalue weighted by atomic mass is 9.99. The van der Waals surface area contributed by atoms with E-state index in [0.717, 1.165) is 11.4 Å². The summed E-state index contributed by atoms with van der Waals surface area (Å²) in [5.74, 6) is 2.42. The number of carbonyl (C=O) groups excluding carboxylic acids is 1. The van der Waals surface area contributed by atoms with Gasteiger partial charge in [-0.2, -0.15) is 4.98 Å². The molecule has 25 heavy (non-hydrogen) atoms. The van der Waals surface area contributed by atoms with Gasteiger partial charge >= 0.3 is 0 Å². The zero-order valence-electron chi connectivity index (χ0n) is 14.6. The van der Waals surface area contributed by atoms with Crippen LogP contribution in [-0.4, -0.2) is 39.3 Å². The molecule has 2 heterocycles. The molecule has 1 saturated carbocycles. The van der Waals surface area contributed by atoms with E-state index in [9.17, 15) is 4.79 Å². The van der Waals surface area contributed by atoms with Crippen molar-refractivity contribution in [1.82, 2.24) is 15.0 Å². The van der Waals surface area contributed by atoms with E-state index in [4.69, 9.17) is 4.52 Å². The first-order valence-electron chi connectivity index (χ1n) is 8.95. The maximum Gasteiger partial charge on any atom is 0.233 e. The number of carbonyl (C=O) groups is 1. The fraction of sp³-hybridized carbons (Fsp3) is 0.526. The number of hydrogen-bond acceptors (Lipinski definition) is 5. The molecule has 6 heteroatoms. The van der Waals surface area contributed by atoms with E-state index in [1.807, 2.05) is 16.7 Å². The van der Waals surface area contributed by atoms with Crippen LogP contribution in [0, 0.1) is 0 Å². The first kappa shape index (κ1) is 16.6. The number of aromatic nitrogens is 2. The first-order valence-corrected chi connectivity index (χ1v) is 9.83. The van der Waals surface area contributed by atoms with Crippen LogP contribution >= 0.6 is 11.8 Å². The summed E-state index contributed by atoms with van der Waals surface area (Å²) in [7, 11) is 0. The zero-order chi connectivity index (χ0) is 17.4. The lowest BCUT2D eigenvalue weighted by Crippen LogP contribution is -2.49. The molecule has 2 fully saturated rings. The van der Waals surface area contributed by atoms with Gasteiger partial charge < -0.3 is 9.42 Å². The fourth-order valence-electron chi connectivity index (χ4n) is 3.00. The van der Waals surface area contributed by atoms with Gasteiger partial charge in [-0.25, -0.2) is 0 Å². The van der Waals surface area contributed by atoms with Crippen LogP contribution < -0.4 is 0 Å². The van der Waals surface area contributed by atoms with Crippen LogP contribution in [0.4, 0.5) is 0 Å². The number of benzene rings is 1. The SMILES string of the molecule is CC(C)Sc1ccc(CC(=O)N2CC(c3nc(C4CC4)no3)C2)cc1. The molecule has 0 spiro atoms. The molecular formula is C19H23N3O2S. The molecule has 0 N–H and O–H groups in total. The van der Waals surface area contributed by atoms with E-state index in [0.29, 0.717) is 36.6 Å². The van der Waals surface area contributed by atoms with Crippen molar-refractivity contribution in [3.8, 4) is 0 Å². The van der Waals surface area contributed by atoms with Gasteiger partial charge in [0.1, 0.15) is 0 Å². The summed E-state index contributed by atoms with van der Waals surface area (Å²) in [6, 6.07) is 8.31. The van der Waals surface area contributed by atoms with Crippen molar-refractivity contribution in [2.24, 2.45) is 0 Å². The van der Waals surface area contributed by atoms with Crippen molar-refractivity contribution >= 4 is 17.7 Å². The number of thioether (sulfide) groups is 1. The molecule has 1 aliphatic carbocycles. The molecule has 1 aromatic heterocycles. The highest BCUT2D eigenvalue weighted by Crippen LogP contribution is 2.39. The van der Waals surface area contributed by atoms with Crippen molar-refractivity contribution in [3.05, 3.63) is 41.5 Å². The average Bonchev–Trinajstić information content (AvgIpc) is 3.27. The van der Waals surface area contributed by atoms with Crippen molar-refractivity contribution in [3.63, 3.8) is 0 Å². The van der Waals surface area contributed by atoms with Gasteiger partial charge in [0.2, 0.25) is 11.8 Å². The van der Waals surface area contributed by atoms with E-state index >= 15 is 0 Å². The lowest BCUT2D eigenvalue weighted by Gasteiger charge is -2.37. The Balaban J connectivity index is 1.27. The molecule has 1 saturated heterocycles. The van der Waals surface area contributed by atoms with Gasteiger partial charge in [0.15, 0.2) is 5.82 Å². The second-order valence-electron chi connectivity index (χ2n) is 7.25. The Hall–Kier alpha value is -1.82. The maximum absolute atomic E-state index is 12.4. The average molecular weight is 357 g/mol. The van der Waals surface area contributed by atoms with E-state index in [2.05, 4.69) is 48.3 Å². The lowest BCUT2D eigenvalue weighted by molar-refractivity contribution is -0.135. The zero-order valence-corrected chi connectivity index (χ0v) is 15.5. The first-order chi connectivity index (χ1) is 12.1. The Morgan fingerprint density at radius 1 is 1.24 bits per heavy atom. The summed E-state index contributed by atoms with van der Waals surface area (Å²) in [5.41, 5.74) is 1.07. The van der Waals surface area contributed by atoms with E-state index in [1.54, 1.807) is 0 Å². The van der Waals surface area contributed by atoms with E-state index in [-0.39, 0.29) is 11.8 Å². The predicted octanol–water partition coefficient (Wildman–Crippen LogP) is 3.62. The quantitative estimate of drug-likeness (QED) is 0.739. The highest BCUT2D eigenvalue weighted by molar-refractivity contribution is 7.99. The summed E-state index contributed by atoms with van der Waals surface area (Å²) in [4.78, 5) is 20.0. The molecule has 0 atom stereocenters. The number of nitrogens with zero attached hydrogens (tertiary/aromatic N) is 3. The summed E-state index contributed by atoms with van der Waals surface area (Å²) >= 11 is 1.84. The largest absolute Gasteiger partial charge is 0.341 e. The molecule has 2 aromatic rings. The third kappa shape index (κ3) is 3.89. The number of likely N-dealkylation sites (tertiary alicyclic amines) is 1. The van der Waals surface area contributed by atoms with Gasteiger partial charge in [-0.15, -0.1) is 11.8 Å². The van der Waals surface area contributed by atoms with Crippen LogP contribution in [0.3, 0.4) is 0 Å². The van der Waals surface area contributed by atoms with Crippen LogP contribution in [-0.2, 0) is 11.2 Å². The van der Waals surface area contributed by atoms with Crippen LogP contribution in [0.2, 0.25) is 0 Å². The third-order valence-electron chi connectivity index (χ3n) is 4.63. The predicted molar refractivity (Wildman–Crippen MR) is 96.7 cm³/mol. The van der Waals surface area contributed by atoms with Gasteiger partial charge in [0.25, 0.3) is 0 Å². The van der Waals surface area contributed by atoms with Crippen molar-refractivity contribution in [2.75, 3.05) is 13.1 Å².